The number of esters is 7. The number of hydrogen-bond acceptors (Lipinski definition) is 34. The number of Topliss-reactive ketones (excluding diaryl/α,β-unsaturated/α-hetero) is 1. The molecule has 2 fully saturated rings. The summed E-state index contributed by atoms with van der Waals surface area (Å²) in [6.45, 7) is 23.4. The highest BCUT2D eigenvalue weighted by atomic mass is 35.5. The van der Waals surface area contributed by atoms with Crippen LogP contribution in [0.25, 0.3) is 34.4 Å². The van der Waals surface area contributed by atoms with E-state index in [9.17, 15) is 82.3 Å². The van der Waals surface area contributed by atoms with E-state index in [2.05, 4.69) is 72.8 Å². The predicted molar refractivity (Wildman–Crippen MR) is 502 cm³/mol. The van der Waals surface area contributed by atoms with Crippen LogP contribution < -0.4 is 43.2 Å². The Kier molecular flexibility index (Phi) is 45.6. The number of carbonyl (C=O) groups is 14. The number of rotatable bonds is 33. The van der Waals surface area contributed by atoms with Gasteiger partial charge >= 0.3 is 66.1 Å². The highest BCUT2D eigenvalue weighted by molar-refractivity contribution is 6.09. The second-order valence-corrected chi connectivity index (χ2v) is 30.2. The van der Waals surface area contributed by atoms with Crippen molar-refractivity contribution in [2.45, 2.75) is 121 Å². The number of carbonyl (C=O) groups excluding carboxylic acids is 13. The van der Waals surface area contributed by atoms with Crippen LogP contribution in [-0.2, 0) is 77.8 Å². The van der Waals surface area contributed by atoms with Crippen LogP contribution in [0.5, 0.6) is 5.75 Å². The van der Waals surface area contributed by atoms with Crippen molar-refractivity contribution in [3.05, 3.63) is 247 Å². The number of aromatic carboxylic acids is 1. The number of pyridine rings is 2. The van der Waals surface area contributed by atoms with E-state index in [0.717, 1.165) is 50.7 Å². The summed E-state index contributed by atoms with van der Waals surface area (Å²) in [4.78, 5) is 187. The molecule has 0 aliphatic heterocycles. The predicted octanol–water partition coefficient (Wildman–Crippen LogP) is 13.6. The average Bonchev–Trinajstić information content (AvgIpc) is 1.77. The maximum absolute atomic E-state index is 14.0. The van der Waals surface area contributed by atoms with Crippen LogP contribution >= 0.6 is 24.8 Å². The number of nitrogens with two attached hydrogens (primary N) is 3. The highest BCUT2D eigenvalue weighted by Gasteiger charge is 2.31. The van der Waals surface area contributed by atoms with Gasteiger partial charge in [-0.2, -0.15) is 0 Å². The van der Waals surface area contributed by atoms with Crippen molar-refractivity contribution in [2.24, 2.45) is 29.4 Å². The summed E-state index contributed by atoms with van der Waals surface area (Å²) < 4.78 is 52.7. The van der Waals surface area contributed by atoms with Crippen LogP contribution in [-0.4, -0.2) is 167 Å². The molecule has 8 aromatic rings. The average molecular weight is 1940 g/mol. The van der Waals surface area contributed by atoms with Crippen LogP contribution in [0.1, 0.15) is 195 Å². The van der Waals surface area contributed by atoms with Crippen LogP contribution in [0.2, 0.25) is 0 Å². The number of amides is 4. The smallest absolute Gasteiger partial charge is 0.478 e. The third kappa shape index (κ3) is 38.4. The van der Waals surface area contributed by atoms with Gasteiger partial charge in [-0.1, -0.05) is 83.3 Å². The summed E-state index contributed by atoms with van der Waals surface area (Å²) >= 11 is 0. The fraction of sp³-hybridized carbons (Fsp3) is 0.287. The fourth-order valence-corrected chi connectivity index (χ4v) is 11.1. The van der Waals surface area contributed by atoms with Gasteiger partial charge in [0.1, 0.15) is 34.6 Å². The molecule has 2 saturated carbocycles. The third-order valence-electron chi connectivity index (χ3n) is 18.6. The lowest BCUT2D eigenvalue weighted by Gasteiger charge is -2.18. The summed E-state index contributed by atoms with van der Waals surface area (Å²) in [7, 11) is 0. The number of aromatic nitrogens is 2. The lowest BCUT2D eigenvalue weighted by atomic mass is 9.89. The molecule has 14 N–H and O–H groups in total. The number of carboxylic acids is 1. The first-order valence-electron chi connectivity index (χ1n) is 41.3. The van der Waals surface area contributed by atoms with E-state index in [-0.39, 0.29) is 117 Å². The normalized spacial score (nSPS) is 11.6. The first-order valence-corrected chi connectivity index (χ1v) is 41.3. The molecule has 10 rings (SSSR count). The molecule has 2 heterocycles. The summed E-state index contributed by atoms with van der Waals surface area (Å²) in [6.07, 6.45) is 1.77. The van der Waals surface area contributed by atoms with E-state index in [1.165, 1.54) is 81.4 Å². The number of anilines is 2. The van der Waals surface area contributed by atoms with Crippen molar-refractivity contribution >= 4 is 155 Å². The quantitative estimate of drug-likeness (QED) is 0.00174. The molecular weight excluding hydrogens is 1830 g/mol. The number of nitrogens with zero attached hydrogens (tertiary/aromatic N) is 3. The van der Waals surface area contributed by atoms with Gasteiger partial charge in [0.25, 0.3) is 17.5 Å². The minimum atomic E-state index is -1.27. The monoisotopic (exact) mass is 1930 g/mol. The lowest BCUT2D eigenvalue weighted by molar-refractivity contribution is -0.384. The van der Waals surface area contributed by atoms with E-state index in [4.69, 9.17) is 57.1 Å². The second-order valence-electron chi connectivity index (χ2n) is 30.2. The number of carboxylic acid groups (broad SMARTS) is 1. The number of halogens is 2. The molecule has 0 radical (unpaired) electrons. The van der Waals surface area contributed by atoms with Crippen molar-refractivity contribution in [1.82, 2.24) is 31.2 Å². The van der Waals surface area contributed by atoms with E-state index in [1.54, 1.807) is 132 Å². The molecule has 728 valence electrons. The number of hydrogen-bond donors (Lipinski definition) is 11. The number of nitrogen functional groups attached to an aromatic ring is 3. The Morgan fingerprint density at radius 2 is 0.876 bits per heavy atom. The maximum atomic E-state index is 14.0. The number of nitro benzene ring substituents is 1. The van der Waals surface area contributed by atoms with Gasteiger partial charge in [-0.05, 0) is 193 Å². The summed E-state index contributed by atoms with van der Waals surface area (Å²) in [5.74, 6) is -7.64. The molecule has 0 bridgehead atoms. The van der Waals surface area contributed by atoms with Crippen molar-refractivity contribution in [1.29, 1.82) is 16.2 Å². The van der Waals surface area contributed by atoms with Crippen LogP contribution in [0, 0.1) is 63.9 Å². The molecule has 0 spiro atoms. The number of ether oxygens (including phenoxy) is 11. The van der Waals surface area contributed by atoms with Gasteiger partial charge in [0.05, 0.1) is 22.3 Å². The highest BCUT2D eigenvalue weighted by Crippen LogP contribution is 2.35. The summed E-state index contributed by atoms with van der Waals surface area (Å²) in [6, 6.07) is 36.8. The topological polar surface area (TPSA) is 627 Å². The Balaban J connectivity index is 0.000000399. The van der Waals surface area contributed by atoms with Crippen molar-refractivity contribution in [2.75, 3.05) is 44.9 Å². The van der Waals surface area contributed by atoms with Crippen molar-refractivity contribution in [3.63, 3.8) is 0 Å². The molecule has 2 aliphatic rings. The van der Waals surface area contributed by atoms with E-state index in [1.807, 2.05) is 6.92 Å². The summed E-state index contributed by atoms with van der Waals surface area (Å²) in [5.41, 5.74) is 22.6. The zero-order valence-corrected chi connectivity index (χ0v) is 78.0. The minimum absolute atomic E-state index is 0. The molecule has 2 aliphatic carbocycles. The van der Waals surface area contributed by atoms with Crippen molar-refractivity contribution in [3.8, 4) is 28.0 Å². The van der Waals surface area contributed by atoms with Gasteiger partial charge in [-0.3, -0.25) is 75.3 Å². The molecular formula is C94H105Cl2N13O28. The molecule has 43 heteroatoms. The number of aryl methyl sites for hydroxylation is 2. The Labute approximate surface area is 798 Å². The molecule has 4 amide bonds. The SMILES string of the molecule is C=Cc1cc(C(=O)Cc2ccc(C(=N)NC(=O)OCOC(C)=O)cc2)c(-c2ccc(C(=O)NCC3CC3)nc2C(=O)OC(C)OC(=O)C(C)C)cc1C.C=Cc1cc(C(=O)O)c(-c2ccc(C(=O)NCC3CC3)nc2C(=O)OC(C)OC(=O)C(C)C)cc1C.CC(=O)OCOC(=O)NC(=N)c1ccc(N)cc1.CC(=O)OCOC(=O)Oc1ccc([N+](=O)[O-])cc1.Cl.Cl.N=C(N)c1ccc(N)cc1. The molecule has 0 saturated heterocycles. The van der Waals surface area contributed by atoms with Gasteiger partial charge in [-0.25, -0.2) is 38.7 Å². The minimum Gasteiger partial charge on any atom is -0.478 e. The molecule has 2 unspecified atom stereocenters. The number of nitro groups is 1. The number of benzene rings is 6. The number of nitrogens with one attached hydrogen (secondary N) is 7. The second kappa shape index (κ2) is 55.2. The first-order chi connectivity index (χ1) is 63.8. The molecule has 6 aromatic carbocycles. The van der Waals surface area contributed by atoms with Crippen LogP contribution in [0.3, 0.4) is 0 Å². The Hall–Kier alpha value is -16.3. The van der Waals surface area contributed by atoms with E-state index >= 15 is 0 Å². The van der Waals surface area contributed by atoms with E-state index < -0.39 is 128 Å². The Bertz CT molecular complexity index is 5770. The molecule has 41 nitrogen and oxygen atoms in total. The van der Waals surface area contributed by atoms with Gasteiger partial charge < -0.3 is 85.0 Å². The lowest BCUT2D eigenvalue weighted by Crippen LogP contribution is -2.31. The van der Waals surface area contributed by atoms with Gasteiger partial charge in [0.2, 0.25) is 33.0 Å². The van der Waals surface area contributed by atoms with Gasteiger partial charge in [0.15, 0.2) is 17.2 Å². The Morgan fingerprint density at radius 3 is 1.23 bits per heavy atom. The zero-order chi connectivity index (χ0) is 100. The fourth-order valence-electron chi connectivity index (χ4n) is 11.1. The molecule has 2 atom stereocenters. The molecule has 2 aromatic heterocycles. The maximum Gasteiger partial charge on any atom is 0.516 e. The Morgan fingerprint density at radius 1 is 0.504 bits per heavy atom. The van der Waals surface area contributed by atoms with Gasteiger partial charge in [0, 0.05) is 111 Å². The summed E-state index contributed by atoms with van der Waals surface area (Å²) in [5, 5.41) is 53.0. The standard InChI is InChI=1S/C39H42N4O10.C27H30N2O7.C11H13N3O4.C10H9NO7.C7H9N3.2ClH/c1-7-27-18-31(33(45)17-25-10-12-28(13-11-25)35(40)43-39(49)51-20-50-23(5)44)30(16-22(27)4)29-14-15-32(36(46)41-19-26-8-9-26)42-34(29)38(48)53-24(6)52-37(47)21(2)3;1-6-18-12-21(25(31)32)20(11-15(18)4)19-9-10-22(24(30)28-13-17-7-8-17)29-23(19)27(34)36-16(5)35-26(33)14(2)3;1-7(15)17-6-18-11(16)14-10(13)8-2-4-9(12)5-3-8;1-7(12)16-6-17-10(13)18-9-4-2-8(3-5-9)11(14)15;8-6-3-1-5(2-4-6)7(9)10;;/h7,10-16,18,21,24,26H,1,8-9,17,19-20H2,2-6H3,(H,41,46)(H2,40,43,49);6,9-12,14,16-17H,1,7-8,13H2,2-5H3,(H,28,30)(H,31,32);2-5H,6,12H2,1H3,(H2,13,14,16);2-5H,6H2,1H3;1-4H,8H2,(H3,9,10);2*1H. The zero-order valence-electron chi connectivity index (χ0n) is 76.3. The van der Waals surface area contributed by atoms with Gasteiger partial charge in [-0.15, -0.1) is 24.8 Å². The van der Waals surface area contributed by atoms with Crippen LogP contribution in [0.15, 0.2) is 159 Å². The molecule has 137 heavy (non-hydrogen) atoms. The van der Waals surface area contributed by atoms with Crippen LogP contribution in [0.4, 0.5) is 31.4 Å². The van der Waals surface area contributed by atoms with E-state index in [0.29, 0.717) is 75.2 Å². The number of amidine groups is 3. The number of non-ortho nitro benzene ring substituents is 1. The number of alkyl carbamates (subject to hydrolysis) is 2. The third-order valence-corrected chi connectivity index (χ3v) is 18.6. The largest absolute Gasteiger partial charge is 0.516 e. The number of ketones is 1. The van der Waals surface area contributed by atoms with Crippen molar-refractivity contribution < 1.29 is 129 Å². The first kappa shape index (κ1) is 113.